The molecule has 1 amide bonds. The summed E-state index contributed by atoms with van der Waals surface area (Å²) in [5.41, 5.74) is 2.95. The van der Waals surface area contributed by atoms with Gasteiger partial charge in [0.05, 0.1) is 19.1 Å². The number of amides is 1. The molecule has 6 nitrogen and oxygen atoms in total. The number of carbonyl (C=O) groups is 2. The first-order valence-electron chi connectivity index (χ1n) is 10.8. The van der Waals surface area contributed by atoms with Gasteiger partial charge in [0.25, 0.3) is 0 Å². The Balaban J connectivity index is 1.75. The third kappa shape index (κ3) is 5.66. The fraction of sp³-hybridized carbons (Fsp3) is 0.360. The quantitative estimate of drug-likeness (QED) is 0.587. The SMILES string of the molecule is C=C[C@H](NC(=O)Cc1ccc(C(=O)O)c(OCC)c1)c1ccccc1N1CCCCC1. The van der Waals surface area contributed by atoms with Crippen LogP contribution in [0.2, 0.25) is 0 Å². The smallest absolute Gasteiger partial charge is 0.339 e. The van der Waals surface area contributed by atoms with Crippen LogP contribution in [-0.4, -0.2) is 36.7 Å². The van der Waals surface area contributed by atoms with E-state index < -0.39 is 5.97 Å². The standard InChI is InChI=1S/C25H30N2O4/c1-3-21(19-10-6-7-11-22(19)27-14-8-5-9-15-27)26-24(28)17-18-12-13-20(25(29)30)23(16-18)31-4-2/h3,6-7,10-13,16,21H,1,4-5,8-9,14-15,17H2,2H3,(H,26,28)(H,29,30)/t21-/m0/s1. The molecule has 2 aromatic rings. The van der Waals surface area contributed by atoms with Crippen molar-refractivity contribution in [1.29, 1.82) is 0 Å². The Labute approximate surface area is 183 Å². The molecule has 0 spiro atoms. The monoisotopic (exact) mass is 422 g/mol. The third-order valence-electron chi connectivity index (χ3n) is 5.46. The summed E-state index contributed by atoms with van der Waals surface area (Å²) < 4.78 is 5.44. The third-order valence-corrected chi connectivity index (χ3v) is 5.46. The van der Waals surface area contributed by atoms with E-state index in [1.54, 1.807) is 25.1 Å². The van der Waals surface area contributed by atoms with Crippen LogP contribution < -0.4 is 15.0 Å². The maximum Gasteiger partial charge on any atom is 0.339 e. The molecular formula is C25H30N2O4. The van der Waals surface area contributed by atoms with E-state index in [4.69, 9.17) is 4.74 Å². The number of hydrogen-bond donors (Lipinski definition) is 2. The Hall–Kier alpha value is -3.28. The number of carbonyl (C=O) groups excluding carboxylic acids is 1. The highest BCUT2D eigenvalue weighted by Crippen LogP contribution is 2.29. The van der Waals surface area contributed by atoms with Crippen LogP contribution in [0.3, 0.4) is 0 Å². The summed E-state index contributed by atoms with van der Waals surface area (Å²) in [6.45, 7) is 8.11. The molecule has 0 unspecified atom stereocenters. The Morgan fingerprint density at radius 1 is 1.19 bits per heavy atom. The van der Waals surface area contributed by atoms with Gasteiger partial charge in [-0.15, -0.1) is 6.58 Å². The van der Waals surface area contributed by atoms with Gasteiger partial charge < -0.3 is 20.1 Å². The number of carboxylic acids is 1. The molecule has 0 aliphatic carbocycles. The predicted octanol–water partition coefficient (Wildman–Crippen LogP) is 4.36. The zero-order valence-corrected chi connectivity index (χ0v) is 18.0. The van der Waals surface area contributed by atoms with Crippen molar-refractivity contribution in [3.63, 3.8) is 0 Å². The molecule has 2 N–H and O–H groups in total. The highest BCUT2D eigenvalue weighted by molar-refractivity contribution is 5.91. The Kier molecular flexibility index (Phi) is 7.70. The van der Waals surface area contributed by atoms with E-state index in [1.807, 2.05) is 18.2 Å². The maximum atomic E-state index is 12.8. The molecular weight excluding hydrogens is 392 g/mol. The van der Waals surface area contributed by atoms with Crippen molar-refractivity contribution in [3.8, 4) is 5.75 Å². The van der Waals surface area contributed by atoms with Gasteiger partial charge >= 0.3 is 5.97 Å². The molecule has 0 saturated carbocycles. The molecule has 0 bridgehead atoms. The van der Waals surface area contributed by atoms with Crippen molar-refractivity contribution in [1.82, 2.24) is 5.32 Å². The molecule has 1 atom stereocenters. The fourth-order valence-electron chi connectivity index (χ4n) is 3.98. The summed E-state index contributed by atoms with van der Waals surface area (Å²) in [5.74, 6) is -0.944. The van der Waals surface area contributed by atoms with E-state index in [1.165, 1.54) is 25.3 Å². The molecule has 2 aromatic carbocycles. The summed E-state index contributed by atoms with van der Waals surface area (Å²) in [4.78, 5) is 26.5. The molecule has 164 valence electrons. The summed E-state index contributed by atoms with van der Waals surface area (Å²) >= 11 is 0. The average molecular weight is 423 g/mol. The number of anilines is 1. The Bertz CT molecular complexity index is 935. The lowest BCUT2D eigenvalue weighted by molar-refractivity contribution is -0.120. The van der Waals surface area contributed by atoms with Crippen LogP contribution in [0.5, 0.6) is 5.75 Å². The molecule has 1 aliphatic heterocycles. The van der Waals surface area contributed by atoms with Gasteiger partial charge in [-0.3, -0.25) is 4.79 Å². The molecule has 1 heterocycles. The number of aromatic carboxylic acids is 1. The molecule has 1 fully saturated rings. The van der Waals surface area contributed by atoms with E-state index >= 15 is 0 Å². The second-order valence-electron chi connectivity index (χ2n) is 7.63. The van der Waals surface area contributed by atoms with Crippen LogP contribution in [0.4, 0.5) is 5.69 Å². The summed E-state index contributed by atoms with van der Waals surface area (Å²) in [6, 6.07) is 12.6. The number of piperidine rings is 1. The van der Waals surface area contributed by atoms with Gasteiger partial charge in [-0.25, -0.2) is 4.79 Å². The summed E-state index contributed by atoms with van der Waals surface area (Å²) in [7, 11) is 0. The van der Waals surface area contributed by atoms with Crippen LogP contribution in [0.15, 0.2) is 55.1 Å². The van der Waals surface area contributed by atoms with Crippen molar-refractivity contribution >= 4 is 17.6 Å². The fourth-order valence-corrected chi connectivity index (χ4v) is 3.98. The second-order valence-corrected chi connectivity index (χ2v) is 7.63. The highest BCUT2D eigenvalue weighted by atomic mass is 16.5. The van der Waals surface area contributed by atoms with Crippen LogP contribution in [0, 0.1) is 0 Å². The number of ether oxygens (including phenoxy) is 1. The first kappa shape index (κ1) is 22.4. The van der Waals surface area contributed by atoms with Gasteiger partial charge in [0.2, 0.25) is 5.91 Å². The van der Waals surface area contributed by atoms with Gasteiger partial charge in [-0.1, -0.05) is 30.3 Å². The largest absolute Gasteiger partial charge is 0.493 e. The maximum absolute atomic E-state index is 12.8. The van der Waals surface area contributed by atoms with E-state index in [-0.39, 0.29) is 29.7 Å². The van der Waals surface area contributed by atoms with Crippen molar-refractivity contribution in [2.75, 3.05) is 24.6 Å². The normalized spacial score (nSPS) is 14.5. The van der Waals surface area contributed by atoms with Crippen LogP contribution in [-0.2, 0) is 11.2 Å². The van der Waals surface area contributed by atoms with Crippen LogP contribution in [0.1, 0.15) is 53.7 Å². The van der Waals surface area contributed by atoms with Gasteiger partial charge in [0.1, 0.15) is 11.3 Å². The molecule has 0 aromatic heterocycles. The number of carboxylic acid groups (broad SMARTS) is 1. The first-order valence-corrected chi connectivity index (χ1v) is 10.8. The minimum absolute atomic E-state index is 0.0884. The van der Waals surface area contributed by atoms with Crippen molar-refractivity contribution in [2.24, 2.45) is 0 Å². The predicted molar refractivity (Wildman–Crippen MR) is 122 cm³/mol. The highest BCUT2D eigenvalue weighted by Gasteiger charge is 2.20. The van der Waals surface area contributed by atoms with E-state index in [9.17, 15) is 14.7 Å². The van der Waals surface area contributed by atoms with Crippen molar-refractivity contribution in [2.45, 2.75) is 38.6 Å². The zero-order valence-electron chi connectivity index (χ0n) is 18.0. The average Bonchev–Trinajstić information content (AvgIpc) is 2.78. The van der Waals surface area contributed by atoms with Gasteiger partial charge in [0.15, 0.2) is 0 Å². The van der Waals surface area contributed by atoms with Gasteiger partial charge in [-0.2, -0.15) is 0 Å². The number of rotatable bonds is 9. The van der Waals surface area contributed by atoms with E-state index in [0.29, 0.717) is 12.2 Å². The molecule has 31 heavy (non-hydrogen) atoms. The summed E-state index contributed by atoms with van der Waals surface area (Å²) in [6.07, 6.45) is 5.47. The zero-order chi connectivity index (χ0) is 22.2. The lowest BCUT2D eigenvalue weighted by atomic mass is 10.0. The number of nitrogens with zero attached hydrogens (tertiary/aromatic N) is 1. The molecule has 0 radical (unpaired) electrons. The molecule has 3 rings (SSSR count). The Morgan fingerprint density at radius 2 is 1.94 bits per heavy atom. The van der Waals surface area contributed by atoms with E-state index in [2.05, 4.69) is 22.9 Å². The number of benzene rings is 2. The first-order chi connectivity index (χ1) is 15.0. The van der Waals surface area contributed by atoms with Gasteiger partial charge in [0, 0.05) is 24.3 Å². The number of nitrogens with one attached hydrogen (secondary N) is 1. The van der Waals surface area contributed by atoms with Crippen molar-refractivity contribution in [3.05, 3.63) is 71.8 Å². The minimum Gasteiger partial charge on any atom is -0.493 e. The lowest BCUT2D eigenvalue weighted by Crippen LogP contribution is -2.33. The summed E-state index contributed by atoms with van der Waals surface area (Å²) in [5, 5.41) is 12.4. The minimum atomic E-state index is -1.06. The number of para-hydroxylation sites is 1. The molecule has 1 saturated heterocycles. The van der Waals surface area contributed by atoms with Crippen LogP contribution in [0.25, 0.3) is 0 Å². The molecule has 6 heteroatoms. The van der Waals surface area contributed by atoms with Gasteiger partial charge in [-0.05, 0) is 49.9 Å². The topological polar surface area (TPSA) is 78.9 Å². The second kappa shape index (κ2) is 10.7. The van der Waals surface area contributed by atoms with E-state index in [0.717, 1.165) is 24.3 Å². The lowest BCUT2D eigenvalue weighted by Gasteiger charge is -2.32. The van der Waals surface area contributed by atoms with Crippen LogP contribution >= 0.6 is 0 Å². The van der Waals surface area contributed by atoms with Crippen molar-refractivity contribution < 1.29 is 19.4 Å². The Morgan fingerprint density at radius 3 is 2.61 bits per heavy atom. The number of hydrogen-bond acceptors (Lipinski definition) is 4. The molecule has 1 aliphatic rings.